The van der Waals surface area contributed by atoms with E-state index in [0.29, 0.717) is 10.6 Å². The molecule has 0 saturated carbocycles. The van der Waals surface area contributed by atoms with Crippen LogP contribution >= 0.6 is 11.6 Å². The molecule has 0 aliphatic carbocycles. The number of hydrogen-bond donors (Lipinski definition) is 1. The van der Waals surface area contributed by atoms with Crippen LogP contribution in [-0.4, -0.2) is 10.9 Å². The highest BCUT2D eigenvalue weighted by atomic mass is 35.5. The van der Waals surface area contributed by atoms with Crippen molar-refractivity contribution in [3.63, 3.8) is 0 Å². The van der Waals surface area contributed by atoms with Crippen LogP contribution in [0, 0.1) is 0 Å². The number of hydrogen-bond acceptors (Lipinski definition) is 3. The van der Waals surface area contributed by atoms with E-state index in [4.69, 9.17) is 16.0 Å². The third-order valence-corrected chi connectivity index (χ3v) is 3.47. The summed E-state index contributed by atoms with van der Waals surface area (Å²) in [7, 11) is 0. The minimum atomic E-state index is -0.265. The summed E-state index contributed by atoms with van der Waals surface area (Å²) in [6.07, 6.45) is 3.42. The molecular weight excluding hydrogens is 288 g/mol. The molecule has 106 valence electrons. The van der Waals surface area contributed by atoms with Crippen molar-refractivity contribution < 1.29 is 9.21 Å². The maximum atomic E-state index is 12.2. The summed E-state index contributed by atoms with van der Waals surface area (Å²) in [5, 5.41) is 4.30. The number of rotatable bonds is 3. The molecule has 0 spiro atoms. The molecule has 2 heterocycles. The van der Waals surface area contributed by atoms with Gasteiger partial charge in [0.2, 0.25) is 0 Å². The fourth-order valence-corrected chi connectivity index (χ4v) is 2.29. The third kappa shape index (κ3) is 2.90. The summed E-state index contributed by atoms with van der Waals surface area (Å²) in [5.74, 6) is 0.00156. The molecule has 5 heteroatoms. The van der Waals surface area contributed by atoms with Gasteiger partial charge in [-0.1, -0.05) is 17.7 Å². The molecule has 3 aromatic rings. The Labute approximate surface area is 126 Å². The molecule has 1 amide bonds. The zero-order valence-corrected chi connectivity index (χ0v) is 12.1. The number of halogens is 1. The van der Waals surface area contributed by atoms with Gasteiger partial charge in [-0.05, 0) is 42.8 Å². The van der Waals surface area contributed by atoms with Gasteiger partial charge in [0, 0.05) is 22.8 Å². The van der Waals surface area contributed by atoms with Crippen LogP contribution in [0.2, 0.25) is 5.02 Å². The van der Waals surface area contributed by atoms with Crippen molar-refractivity contribution in [2.24, 2.45) is 0 Å². The van der Waals surface area contributed by atoms with Gasteiger partial charge in [0.05, 0.1) is 6.04 Å². The lowest BCUT2D eigenvalue weighted by Crippen LogP contribution is -2.26. The van der Waals surface area contributed by atoms with E-state index < -0.39 is 0 Å². The molecule has 3 rings (SSSR count). The van der Waals surface area contributed by atoms with E-state index in [1.165, 1.54) is 0 Å². The molecule has 0 radical (unpaired) electrons. The van der Waals surface area contributed by atoms with Gasteiger partial charge < -0.3 is 9.73 Å². The van der Waals surface area contributed by atoms with Crippen molar-refractivity contribution in [2.45, 2.75) is 13.0 Å². The fraction of sp³-hybridized carbons (Fsp3) is 0.125. The van der Waals surface area contributed by atoms with E-state index in [-0.39, 0.29) is 17.7 Å². The second kappa shape index (κ2) is 5.58. The Hall–Kier alpha value is -2.33. The number of amides is 1. The van der Waals surface area contributed by atoms with Crippen LogP contribution in [0.4, 0.5) is 0 Å². The number of fused-ring (bicyclic) bond motifs is 1. The molecule has 1 unspecified atom stereocenters. The SMILES string of the molecule is CC(NC(=O)c1cc2cc(Cl)ccc2o1)c1cccnc1. The molecule has 1 N–H and O–H groups in total. The van der Waals surface area contributed by atoms with Crippen molar-refractivity contribution in [3.8, 4) is 0 Å². The normalized spacial score (nSPS) is 12.3. The van der Waals surface area contributed by atoms with Gasteiger partial charge in [0.25, 0.3) is 5.91 Å². The lowest BCUT2D eigenvalue weighted by atomic mass is 10.1. The van der Waals surface area contributed by atoms with E-state index in [0.717, 1.165) is 10.9 Å². The van der Waals surface area contributed by atoms with E-state index in [2.05, 4.69) is 10.3 Å². The molecular formula is C16H13ClN2O2. The number of pyridine rings is 1. The van der Waals surface area contributed by atoms with Crippen molar-refractivity contribution in [1.29, 1.82) is 0 Å². The number of furan rings is 1. The van der Waals surface area contributed by atoms with E-state index in [9.17, 15) is 4.79 Å². The highest BCUT2D eigenvalue weighted by Crippen LogP contribution is 2.23. The Balaban J connectivity index is 1.80. The van der Waals surface area contributed by atoms with E-state index in [1.54, 1.807) is 36.7 Å². The number of aromatic nitrogens is 1. The van der Waals surface area contributed by atoms with Gasteiger partial charge in [-0.3, -0.25) is 9.78 Å². The van der Waals surface area contributed by atoms with Crippen LogP contribution in [0.15, 0.2) is 53.2 Å². The average Bonchev–Trinajstić information content (AvgIpc) is 2.91. The third-order valence-electron chi connectivity index (χ3n) is 3.23. The Morgan fingerprint density at radius 2 is 2.19 bits per heavy atom. The van der Waals surface area contributed by atoms with Crippen LogP contribution in [0.1, 0.15) is 29.1 Å². The standard InChI is InChI=1S/C16H13ClN2O2/c1-10(11-3-2-6-18-9-11)19-16(20)15-8-12-7-13(17)4-5-14(12)21-15/h2-10H,1H3,(H,19,20). The summed E-state index contributed by atoms with van der Waals surface area (Å²) >= 11 is 5.92. The molecule has 0 saturated heterocycles. The van der Waals surface area contributed by atoms with Gasteiger partial charge >= 0.3 is 0 Å². The van der Waals surface area contributed by atoms with Crippen LogP contribution in [-0.2, 0) is 0 Å². The van der Waals surface area contributed by atoms with Crippen LogP contribution < -0.4 is 5.32 Å². The molecule has 1 atom stereocenters. The van der Waals surface area contributed by atoms with Crippen molar-refractivity contribution in [2.75, 3.05) is 0 Å². The molecule has 2 aromatic heterocycles. The lowest BCUT2D eigenvalue weighted by molar-refractivity contribution is 0.0914. The topological polar surface area (TPSA) is 55.1 Å². The largest absolute Gasteiger partial charge is 0.451 e. The maximum Gasteiger partial charge on any atom is 0.287 e. The summed E-state index contributed by atoms with van der Waals surface area (Å²) in [5.41, 5.74) is 1.57. The van der Waals surface area contributed by atoms with Crippen LogP contribution in [0.5, 0.6) is 0 Å². The molecule has 0 bridgehead atoms. The number of carbonyl (C=O) groups excluding carboxylic acids is 1. The Kier molecular flexibility index (Phi) is 3.62. The highest BCUT2D eigenvalue weighted by molar-refractivity contribution is 6.31. The number of nitrogens with one attached hydrogen (secondary N) is 1. The zero-order valence-electron chi connectivity index (χ0n) is 11.3. The number of carbonyl (C=O) groups is 1. The van der Waals surface area contributed by atoms with Gasteiger partial charge in [-0.2, -0.15) is 0 Å². The second-order valence-corrected chi connectivity index (χ2v) is 5.21. The van der Waals surface area contributed by atoms with Gasteiger partial charge in [0.15, 0.2) is 5.76 Å². The first-order valence-corrected chi connectivity index (χ1v) is 6.91. The lowest BCUT2D eigenvalue weighted by Gasteiger charge is -2.12. The molecule has 0 aliphatic rings. The highest BCUT2D eigenvalue weighted by Gasteiger charge is 2.15. The molecule has 0 aliphatic heterocycles. The zero-order chi connectivity index (χ0) is 14.8. The molecule has 0 fully saturated rings. The van der Waals surface area contributed by atoms with Gasteiger partial charge in [-0.25, -0.2) is 0 Å². The van der Waals surface area contributed by atoms with Gasteiger partial charge in [0.1, 0.15) is 5.58 Å². The predicted octanol–water partition coefficient (Wildman–Crippen LogP) is 3.97. The minimum absolute atomic E-state index is 0.150. The predicted molar refractivity (Wildman–Crippen MR) is 81.3 cm³/mol. The summed E-state index contributed by atoms with van der Waals surface area (Å²) < 4.78 is 5.54. The van der Waals surface area contributed by atoms with E-state index in [1.807, 2.05) is 19.1 Å². The molecule has 1 aromatic carbocycles. The van der Waals surface area contributed by atoms with Crippen molar-refractivity contribution in [1.82, 2.24) is 10.3 Å². The van der Waals surface area contributed by atoms with Gasteiger partial charge in [-0.15, -0.1) is 0 Å². The average molecular weight is 301 g/mol. The monoisotopic (exact) mass is 300 g/mol. The second-order valence-electron chi connectivity index (χ2n) is 4.77. The Morgan fingerprint density at radius 1 is 1.33 bits per heavy atom. The Bertz CT molecular complexity index is 783. The fourth-order valence-electron chi connectivity index (χ4n) is 2.11. The van der Waals surface area contributed by atoms with Crippen molar-refractivity contribution >= 4 is 28.5 Å². The quantitative estimate of drug-likeness (QED) is 0.796. The molecule has 21 heavy (non-hydrogen) atoms. The first kappa shape index (κ1) is 13.6. The van der Waals surface area contributed by atoms with Crippen LogP contribution in [0.25, 0.3) is 11.0 Å². The van der Waals surface area contributed by atoms with Crippen LogP contribution in [0.3, 0.4) is 0 Å². The Morgan fingerprint density at radius 3 is 2.95 bits per heavy atom. The van der Waals surface area contributed by atoms with Crippen molar-refractivity contribution in [3.05, 3.63) is 65.1 Å². The maximum absolute atomic E-state index is 12.2. The molecule has 4 nitrogen and oxygen atoms in total. The minimum Gasteiger partial charge on any atom is -0.451 e. The first-order chi connectivity index (χ1) is 10.1. The smallest absolute Gasteiger partial charge is 0.287 e. The first-order valence-electron chi connectivity index (χ1n) is 6.53. The summed E-state index contributed by atoms with van der Waals surface area (Å²) in [6, 6.07) is 10.5. The number of benzene rings is 1. The van der Waals surface area contributed by atoms with E-state index >= 15 is 0 Å². The number of nitrogens with zero attached hydrogens (tertiary/aromatic N) is 1. The summed E-state index contributed by atoms with van der Waals surface area (Å²) in [4.78, 5) is 16.3. The summed E-state index contributed by atoms with van der Waals surface area (Å²) in [6.45, 7) is 1.90.